The first-order valence-electron chi connectivity index (χ1n) is 6.64. The molecule has 1 aromatic carbocycles. The van der Waals surface area contributed by atoms with Gasteiger partial charge in [-0.3, -0.25) is 9.59 Å². The smallest absolute Gasteiger partial charge is 0.307 e. The highest BCUT2D eigenvalue weighted by Crippen LogP contribution is 2.48. The number of halogens is 2. The van der Waals surface area contributed by atoms with Gasteiger partial charge in [0.05, 0.1) is 16.9 Å². The molecule has 4 atom stereocenters. The zero-order valence-electron chi connectivity index (χ0n) is 10.9. The van der Waals surface area contributed by atoms with Crippen LogP contribution in [0.25, 0.3) is 0 Å². The van der Waals surface area contributed by atoms with Crippen molar-refractivity contribution in [3.05, 3.63) is 39.8 Å². The van der Waals surface area contributed by atoms with E-state index in [4.69, 9.17) is 11.6 Å². The van der Waals surface area contributed by atoms with Crippen LogP contribution in [0.1, 0.15) is 6.42 Å². The Hall–Kier alpha value is -1.33. The van der Waals surface area contributed by atoms with Gasteiger partial charge in [-0.1, -0.05) is 23.8 Å². The van der Waals surface area contributed by atoms with E-state index in [-0.39, 0.29) is 17.7 Å². The van der Waals surface area contributed by atoms with E-state index >= 15 is 0 Å². The van der Waals surface area contributed by atoms with E-state index in [1.54, 1.807) is 18.2 Å². The molecule has 1 saturated carbocycles. The monoisotopic (exact) mass is 369 g/mol. The van der Waals surface area contributed by atoms with E-state index in [9.17, 15) is 14.7 Å². The van der Waals surface area contributed by atoms with E-state index < -0.39 is 17.8 Å². The molecule has 4 nitrogen and oxygen atoms in total. The molecule has 1 fully saturated rings. The van der Waals surface area contributed by atoms with Crippen molar-refractivity contribution in [1.82, 2.24) is 0 Å². The lowest BCUT2D eigenvalue weighted by molar-refractivity contribution is -0.146. The fourth-order valence-electron chi connectivity index (χ4n) is 3.32. The van der Waals surface area contributed by atoms with Crippen LogP contribution in [0.2, 0.25) is 5.02 Å². The third-order valence-electron chi connectivity index (χ3n) is 4.23. The zero-order valence-corrected chi connectivity index (χ0v) is 13.3. The Morgan fingerprint density at radius 1 is 1.24 bits per heavy atom. The molecule has 0 saturated heterocycles. The highest BCUT2D eigenvalue weighted by atomic mass is 79.9. The topological polar surface area (TPSA) is 66.4 Å². The second-order valence-electron chi connectivity index (χ2n) is 5.46. The summed E-state index contributed by atoms with van der Waals surface area (Å²) in [6.45, 7) is 0. The van der Waals surface area contributed by atoms with E-state index in [0.717, 1.165) is 10.9 Å². The van der Waals surface area contributed by atoms with Gasteiger partial charge in [-0.25, -0.2) is 0 Å². The van der Waals surface area contributed by atoms with Gasteiger partial charge in [0, 0.05) is 10.2 Å². The van der Waals surface area contributed by atoms with E-state index in [1.165, 1.54) is 0 Å². The zero-order chi connectivity index (χ0) is 15.1. The first-order chi connectivity index (χ1) is 9.97. The van der Waals surface area contributed by atoms with Crippen molar-refractivity contribution in [3.8, 4) is 0 Å². The summed E-state index contributed by atoms with van der Waals surface area (Å²) in [4.78, 5) is 23.9. The van der Waals surface area contributed by atoms with Crippen molar-refractivity contribution in [2.24, 2.45) is 23.7 Å². The molecule has 2 N–H and O–H groups in total. The molecule has 110 valence electrons. The Balaban J connectivity index is 1.80. The minimum atomic E-state index is -0.902. The highest BCUT2D eigenvalue weighted by molar-refractivity contribution is 9.10. The number of benzene rings is 1. The predicted octanol–water partition coefficient (Wildman–Crippen LogP) is 3.56. The van der Waals surface area contributed by atoms with Gasteiger partial charge in [0.15, 0.2) is 0 Å². The summed E-state index contributed by atoms with van der Waals surface area (Å²) in [7, 11) is 0. The maximum atomic E-state index is 12.5. The van der Waals surface area contributed by atoms with Gasteiger partial charge in [0.2, 0.25) is 5.91 Å². The summed E-state index contributed by atoms with van der Waals surface area (Å²) in [6, 6.07) is 5.11. The molecule has 0 aromatic heterocycles. The number of amides is 1. The van der Waals surface area contributed by atoms with Crippen LogP contribution in [-0.2, 0) is 9.59 Å². The number of hydrogen-bond acceptors (Lipinski definition) is 2. The van der Waals surface area contributed by atoms with Crippen LogP contribution in [0.3, 0.4) is 0 Å². The Kier molecular flexibility index (Phi) is 3.80. The number of nitrogens with one attached hydrogen (secondary N) is 1. The van der Waals surface area contributed by atoms with Gasteiger partial charge in [-0.2, -0.15) is 0 Å². The Morgan fingerprint density at radius 2 is 1.90 bits per heavy atom. The second kappa shape index (κ2) is 5.46. The molecule has 1 aromatic rings. The number of aliphatic carboxylic acids is 1. The van der Waals surface area contributed by atoms with Crippen LogP contribution in [0.15, 0.2) is 34.8 Å². The van der Waals surface area contributed by atoms with E-state index in [1.807, 2.05) is 12.2 Å². The number of carbonyl (C=O) groups excluding carboxylic acids is 1. The second-order valence-corrected chi connectivity index (χ2v) is 6.72. The molecule has 0 aliphatic heterocycles. The predicted molar refractivity (Wildman–Crippen MR) is 83.1 cm³/mol. The van der Waals surface area contributed by atoms with Gasteiger partial charge < -0.3 is 10.4 Å². The number of carbonyl (C=O) groups is 2. The summed E-state index contributed by atoms with van der Waals surface area (Å²) < 4.78 is 0.744. The molecule has 21 heavy (non-hydrogen) atoms. The minimum Gasteiger partial charge on any atom is -0.481 e. The summed E-state index contributed by atoms with van der Waals surface area (Å²) in [5.41, 5.74) is 0.573. The highest BCUT2D eigenvalue weighted by Gasteiger charge is 2.51. The molecule has 2 aliphatic rings. The average molecular weight is 371 g/mol. The Morgan fingerprint density at radius 3 is 2.52 bits per heavy atom. The van der Waals surface area contributed by atoms with Gasteiger partial charge in [-0.15, -0.1) is 0 Å². The third-order valence-corrected chi connectivity index (χ3v) is 5.47. The van der Waals surface area contributed by atoms with E-state index in [2.05, 4.69) is 21.2 Å². The Bertz CT molecular complexity index is 646. The normalized spacial score (nSPS) is 29.6. The Labute approximate surface area is 135 Å². The number of allylic oxidation sites excluding steroid dienone is 2. The average Bonchev–Trinajstić information content (AvgIpc) is 3.03. The molecule has 0 heterocycles. The van der Waals surface area contributed by atoms with Crippen LogP contribution in [-0.4, -0.2) is 17.0 Å². The standard InChI is InChI=1S/C15H13BrClNO3/c16-10-4-3-9(6-11(10)17)18-14(19)12-7-1-2-8(5-7)13(12)15(20)21/h1-4,6-8,12-13H,5H2,(H,18,19)(H,20,21)/t7-,8+,12+,13+/m1/s1. The molecule has 1 amide bonds. The summed E-state index contributed by atoms with van der Waals surface area (Å²) in [5.74, 6) is -2.32. The van der Waals surface area contributed by atoms with Crippen LogP contribution in [0.5, 0.6) is 0 Å². The number of carboxylic acid groups (broad SMARTS) is 1. The lowest BCUT2D eigenvalue weighted by Crippen LogP contribution is -2.36. The molecule has 2 bridgehead atoms. The lowest BCUT2D eigenvalue weighted by Gasteiger charge is -2.23. The van der Waals surface area contributed by atoms with Crippen molar-refractivity contribution in [2.45, 2.75) is 6.42 Å². The van der Waals surface area contributed by atoms with Crippen molar-refractivity contribution < 1.29 is 14.7 Å². The van der Waals surface area contributed by atoms with Crippen LogP contribution in [0.4, 0.5) is 5.69 Å². The molecule has 0 radical (unpaired) electrons. The molecular weight excluding hydrogens is 358 g/mol. The maximum Gasteiger partial charge on any atom is 0.307 e. The van der Waals surface area contributed by atoms with Gasteiger partial charge in [0.1, 0.15) is 0 Å². The van der Waals surface area contributed by atoms with Crippen molar-refractivity contribution >= 4 is 45.1 Å². The number of anilines is 1. The minimum absolute atomic E-state index is 0.0158. The van der Waals surface area contributed by atoms with Gasteiger partial charge in [0.25, 0.3) is 0 Å². The molecule has 6 heteroatoms. The number of hydrogen-bond donors (Lipinski definition) is 2. The van der Waals surface area contributed by atoms with E-state index in [0.29, 0.717) is 10.7 Å². The van der Waals surface area contributed by atoms with Crippen molar-refractivity contribution in [2.75, 3.05) is 5.32 Å². The summed E-state index contributed by atoms with van der Waals surface area (Å²) in [6.07, 6.45) is 4.63. The largest absolute Gasteiger partial charge is 0.481 e. The number of fused-ring (bicyclic) bond motifs is 2. The molecule has 0 spiro atoms. The number of rotatable bonds is 3. The lowest BCUT2D eigenvalue weighted by atomic mass is 9.82. The molecule has 0 unspecified atom stereocenters. The maximum absolute atomic E-state index is 12.5. The third kappa shape index (κ3) is 2.60. The van der Waals surface area contributed by atoms with Crippen LogP contribution in [0, 0.1) is 23.7 Å². The SMILES string of the molecule is O=C(Nc1ccc(Br)c(Cl)c1)[C@@H]1[C@@H](C(=O)O)[C@H]2C=C[C@@H]1C2. The first kappa shape index (κ1) is 14.6. The summed E-state index contributed by atoms with van der Waals surface area (Å²) in [5, 5.41) is 12.6. The molecule has 2 aliphatic carbocycles. The fourth-order valence-corrected chi connectivity index (χ4v) is 3.74. The van der Waals surface area contributed by atoms with Gasteiger partial charge in [-0.05, 0) is 52.4 Å². The molecule has 3 rings (SSSR count). The van der Waals surface area contributed by atoms with Gasteiger partial charge >= 0.3 is 5.97 Å². The fraction of sp³-hybridized carbons (Fsp3) is 0.333. The van der Waals surface area contributed by atoms with Crippen molar-refractivity contribution in [1.29, 1.82) is 0 Å². The molecular formula is C15H13BrClNO3. The number of carboxylic acids is 1. The van der Waals surface area contributed by atoms with Crippen LogP contribution < -0.4 is 5.32 Å². The van der Waals surface area contributed by atoms with Crippen molar-refractivity contribution in [3.63, 3.8) is 0 Å². The quantitative estimate of drug-likeness (QED) is 0.800. The first-order valence-corrected chi connectivity index (χ1v) is 7.81. The summed E-state index contributed by atoms with van der Waals surface area (Å²) >= 11 is 9.28. The van der Waals surface area contributed by atoms with Crippen LogP contribution >= 0.6 is 27.5 Å².